The van der Waals surface area contributed by atoms with E-state index >= 15 is 0 Å². The van der Waals surface area contributed by atoms with Crippen molar-refractivity contribution in [3.8, 4) is 0 Å². The van der Waals surface area contributed by atoms with Crippen LogP contribution in [0.15, 0.2) is 11.2 Å². The zero-order valence-corrected chi connectivity index (χ0v) is 15.6. The Morgan fingerprint density at radius 1 is 1.52 bits per heavy atom. The first-order valence-electron chi connectivity index (χ1n) is 7.15. The van der Waals surface area contributed by atoms with E-state index in [4.69, 9.17) is 4.43 Å². The summed E-state index contributed by atoms with van der Waals surface area (Å²) in [6.45, 7) is 12.3. The zero-order valence-electron chi connectivity index (χ0n) is 13.7. The first-order chi connectivity index (χ1) is 9.56. The van der Waals surface area contributed by atoms with Gasteiger partial charge in [0.05, 0.1) is 16.8 Å². The molecule has 0 saturated heterocycles. The summed E-state index contributed by atoms with van der Waals surface area (Å²) in [5, 5.41) is 11.9. The molecular weight excluding hydrogens is 305 g/mol. The maximum absolute atomic E-state index is 14.5. The number of aliphatic hydroxyl groups excluding tert-OH is 1. The first kappa shape index (κ1) is 18.5. The molecule has 21 heavy (non-hydrogen) atoms. The second-order valence-electron chi connectivity index (χ2n) is 6.70. The Hall–Kier alpha value is -0.563. The highest BCUT2D eigenvalue weighted by molar-refractivity contribution is 7.09. The average Bonchev–Trinajstić information content (AvgIpc) is 2.72. The Morgan fingerprint density at radius 2 is 2.14 bits per heavy atom. The van der Waals surface area contributed by atoms with E-state index in [-0.39, 0.29) is 23.9 Å². The molecule has 120 valence electrons. The van der Waals surface area contributed by atoms with Crippen LogP contribution in [0.2, 0.25) is 18.1 Å². The molecule has 0 aromatic carbocycles. The fraction of sp³-hybridized carbons (Fsp3) is 0.667. The third-order valence-corrected chi connectivity index (χ3v) is 9.14. The van der Waals surface area contributed by atoms with Crippen molar-refractivity contribution in [1.29, 1.82) is 0 Å². The molecule has 0 bridgehead atoms. The fourth-order valence-electron chi connectivity index (χ4n) is 1.58. The fourth-order valence-corrected chi connectivity index (χ4v) is 3.45. The van der Waals surface area contributed by atoms with E-state index in [0.29, 0.717) is 5.69 Å². The van der Waals surface area contributed by atoms with E-state index in [9.17, 15) is 9.50 Å². The molecule has 1 rings (SSSR count). The standard InChI is InChI=1S/C15H26FNO2SSi/c1-11-17-12(10-20-11)9-13(16)14(7-8-18)19-21(5,6)15(2,3)4/h9-10,14,18H,7-8H2,1-6H3/b13-9-/t14-/m0/s1. The largest absolute Gasteiger partial charge is 0.407 e. The highest BCUT2D eigenvalue weighted by atomic mass is 32.1. The molecule has 1 aromatic rings. The molecule has 0 radical (unpaired) electrons. The molecule has 1 heterocycles. The minimum atomic E-state index is -2.09. The lowest BCUT2D eigenvalue weighted by atomic mass is 10.2. The van der Waals surface area contributed by atoms with Crippen molar-refractivity contribution >= 4 is 25.7 Å². The monoisotopic (exact) mass is 331 g/mol. The SMILES string of the molecule is Cc1nc(/C=C(\F)[C@H](CCO)O[Si](C)(C)C(C)(C)C)cs1. The summed E-state index contributed by atoms with van der Waals surface area (Å²) in [6.07, 6.45) is 0.979. The summed E-state index contributed by atoms with van der Waals surface area (Å²) >= 11 is 1.48. The summed E-state index contributed by atoms with van der Waals surface area (Å²) in [5.74, 6) is -0.362. The van der Waals surface area contributed by atoms with Gasteiger partial charge in [-0.1, -0.05) is 20.8 Å². The number of hydrogen-bond acceptors (Lipinski definition) is 4. The second-order valence-corrected chi connectivity index (χ2v) is 12.5. The number of thiazole rings is 1. The Balaban J connectivity index is 2.93. The molecule has 0 amide bonds. The van der Waals surface area contributed by atoms with Gasteiger partial charge in [0.2, 0.25) is 0 Å². The third-order valence-electron chi connectivity index (χ3n) is 3.86. The van der Waals surface area contributed by atoms with Gasteiger partial charge in [0.25, 0.3) is 0 Å². The molecule has 1 N–H and O–H groups in total. The molecule has 0 aliphatic carbocycles. The van der Waals surface area contributed by atoms with E-state index < -0.39 is 14.4 Å². The van der Waals surface area contributed by atoms with Crippen molar-refractivity contribution in [2.45, 2.75) is 58.4 Å². The van der Waals surface area contributed by atoms with E-state index in [1.54, 1.807) is 0 Å². The smallest absolute Gasteiger partial charge is 0.193 e. The number of hydrogen-bond donors (Lipinski definition) is 1. The number of aliphatic hydroxyl groups is 1. The molecule has 0 saturated carbocycles. The predicted octanol–water partition coefficient (Wildman–Crippen LogP) is 4.53. The van der Waals surface area contributed by atoms with Gasteiger partial charge in [0.1, 0.15) is 5.83 Å². The van der Waals surface area contributed by atoms with Crippen LogP contribution in [0.5, 0.6) is 0 Å². The van der Waals surface area contributed by atoms with Crippen LogP contribution >= 0.6 is 11.3 Å². The maximum atomic E-state index is 14.5. The number of nitrogens with zero attached hydrogens (tertiary/aromatic N) is 1. The van der Waals surface area contributed by atoms with Crippen LogP contribution in [0, 0.1) is 6.92 Å². The molecule has 1 atom stereocenters. The van der Waals surface area contributed by atoms with Crippen molar-refractivity contribution in [3.63, 3.8) is 0 Å². The van der Waals surface area contributed by atoms with E-state index in [0.717, 1.165) is 5.01 Å². The van der Waals surface area contributed by atoms with Gasteiger partial charge in [-0.15, -0.1) is 11.3 Å². The van der Waals surface area contributed by atoms with Gasteiger partial charge >= 0.3 is 0 Å². The Labute approximate surface area is 132 Å². The molecule has 0 unspecified atom stereocenters. The van der Waals surface area contributed by atoms with Crippen LogP contribution in [-0.2, 0) is 4.43 Å². The Kier molecular flexibility index (Phi) is 6.28. The average molecular weight is 332 g/mol. The maximum Gasteiger partial charge on any atom is 0.193 e. The van der Waals surface area contributed by atoms with Crippen molar-refractivity contribution in [2.75, 3.05) is 6.61 Å². The third kappa shape index (κ3) is 5.29. The van der Waals surface area contributed by atoms with Gasteiger partial charge in [-0.05, 0) is 31.1 Å². The first-order valence-corrected chi connectivity index (χ1v) is 10.9. The van der Waals surface area contributed by atoms with Crippen LogP contribution in [0.4, 0.5) is 4.39 Å². The lowest BCUT2D eigenvalue weighted by molar-refractivity contribution is 0.148. The molecular formula is C15H26FNO2SSi. The van der Waals surface area contributed by atoms with E-state index in [2.05, 4.69) is 38.8 Å². The van der Waals surface area contributed by atoms with Crippen molar-refractivity contribution in [1.82, 2.24) is 4.98 Å². The molecule has 0 spiro atoms. The van der Waals surface area contributed by atoms with Gasteiger partial charge in [0.15, 0.2) is 8.32 Å². The minimum absolute atomic E-state index is 0.00178. The molecule has 0 fully saturated rings. The van der Waals surface area contributed by atoms with Crippen LogP contribution < -0.4 is 0 Å². The van der Waals surface area contributed by atoms with E-state index in [1.165, 1.54) is 17.4 Å². The summed E-state index contributed by atoms with van der Waals surface area (Å²) in [5.41, 5.74) is 0.608. The summed E-state index contributed by atoms with van der Waals surface area (Å²) in [6, 6.07) is 0. The zero-order chi connectivity index (χ0) is 16.3. The molecule has 3 nitrogen and oxygen atoms in total. The van der Waals surface area contributed by atoms with Gasteiger partial charge in [-0.25, -0.2) is 9.37 Å². The number of halogens is 1. The van der Waals surface area contributed by atoms with Gasteiger partial charge in [0, 0.05) is 18.4 Å². The van der Waals surface area contributed by atoms with Crippen LogP contribution in [0.1, 0.15) is 37.9 Å². The Morgan fingerprint density at radius 3 is 2.57 bits per heavy atom. The van der Waals surface area contributed by atoms with E-state index in [1.807, 2.05) is 12.3 Å². The summed E-state index contributed by atoms with van der Waals surface area (Å²) in [4.78, 5) is 4.23. The Bertz CT molecular complexity index is 494. The highest BCUT2D eigenvalue weighted by Gasteiger charge is 2.39. The van der Waals surface area contributed by atoms with Crippen molar-refractivity contribution in [2.24, 2.45) is 0 Å². The molecule has 0 aliphatic heterocycles. The summed E-state index contributed by atoms with van der Waals surface area (Å²) in [7, 11) is -2.09. The summed E-state index contributed by atoms with van der Waals surface area (Å²) < 4.78 is 20.6. The highest BCUT2D eigenvalue weighted by Crippen LogP contribution is 2.38. The van der Waals surface area contributed by atoms with Crippen molar-refractivity contribution in [3.05, 3.63) is 21.9 Å². The normalized spacial score (nSPS) is 15.3. The second kappa shape index (κ2) is 7.13. The molecule has 0 aliphatic rings. The minimum Gasteiger partial charge on any atom is -0.407 e. The predicted molar refractivity (Wildman–Crippen MR) is 89.7 cm³/mol. The lowest BCUT2D eigenvalue weighted by Gasteiger charge is -2.38. The number of aromatic nitrogens is 1. The van der Waals surface area contributed by atoms with Crippen LogP contribution in [-0.4, -0.2) is 31.1 Å². The van der Waals surface area contributed by atoms with Gasteiger partial charge in [-0.3, -0.25) is 0 Å². The van der Waals surface area contributed by atoms with Crippen LogP contribution in [0.25, 0.3) is 6.08 Å². The quantitative estimate of drug-likeness (QED) is 0.779. The van der Waals surface area contributed by atoms with Crippen LogP contribution in [0.3, 0.4) is 0 Å². The number of rotatable bonds is 6. The van der Waals surface area contributed by atoms with Gasteiger partial charge in [-0.2, -0.15) is 0 Å². The van der Waals surface area contributed by atoms with Crippen molar-refractivity contribution < 1.29 is 13.9 Å². The number of aryl methyl sites for hydroxylation is 1. The van der Waals surface area contributed by atoms with Gasteiger partial charge < -0.3 is 9.53 Å². The lowest BCUT2D eigenvalue weighted by Crippen LogP contribution is -2.44. The topological polar surface area (TPSA) is 42.4 Å². The molecule has 6 heteroatoms. The molecule has 1 aromatic heterocycles.